The van der Waals surface area contributed by atoms with Crippen molar-refractivity contribution in [3.05, 3.63) is 56.2 Å². The molecule has 0 aliphatic carbocycles. The lowest BCUT2D eigenvalue weighted by atomic mass is 10.1. The summed E-state index contributed by atoms with van der Waals surface area (Å²) in [5.41, 5.74) is -0.387. The number of nitrogens with one attached hydrogen (secondary N) is 1. The number of hydrogen-bond acceptors (Lipinski definition) is 7. The van der Waals surface area contributed by atoms with E-state index in [-0.39, 0.29) is 35.6 Å². The van der Waals surface area contributed by atoms with Gasteiger partial charge >= 0.3 is 20.8 Å². The Morgan fingerprint density at radius 2 is 2.17 bits per heavy atom. The third-order valence-electron chi connectivity index (χ3n) is 3.80. The van der Waals surface area contributed by atoms with E-state index in [0.717, 1.165) is 6.08 Å². The van der Waals surface area contributed by atoms with Gasteiger partial charge in [-0.15, -0.1) is 0 Å². The second-order valence-electron chi connectivity index (χ2n) is 5.85. The molecule has 2 aromatic rings. The van der Waals surface area contributed by atoms with Gasteiger partial charge in [0.25, 0.3) is 0 Å². The van der Waals surface area contributed by atoms with Crippen molar-refractivity contribution in [3.63, 3.8) is 0 Å². The monoisotopic (exact) mass is 434 g/mol. The number of fused-ring (bicyclic) bond motifs is 2. The van der Waals surface area contributed by atoms with Crippen LogP contribution in [0.5, 0.6) is 0 Å². The highest BCUT2D eigenvalue weighted by molar-refractivity contribution is 7.92. The van der Waals surface area contributed by atoms with Gasteiger partial charge in [0, 0.05) is 11.8 Å². The van der Waals surface area contributed by atoms with Crippen LogP contribution in [-0.2, 0) is 24.3 Å². The van der Waals surface area contributed by atoms with Crippen molar-refractivity contribution in [2.75, 3.05) is 17.1 Å². The van der Waals surface area contributed by atoms with E-state index in [1.807, 2.05) is 0 Å². The van der Waals surface area contributed by atoms with Crippen molar-refractivity contribution in [2.45, 2.75) is 13.3 Å². The van der Waals surface area contributed by atoms with Crippen LogP contribution in [0.2, 0.25) is 0 Å². The fourth-order valence-electron chi connectivity index (χ4n) is 2.54. The summed E-state index contributed by atoms with van der Waals surface area (Å²) < 4.78 is 60.2. The fourth-order valence-corrected chi connectivity index (χ4v) is 4.33. The molecular weight excluding hydrogens is 420 g/mol. The highest BCUT2D eigenvalue weighted by Gasteiger charge is 2.21. The van der Waals surface area contributed by atoms with Gasteiger partial charge in [-0.1, -0.05) is 11.8 Å². The molecule has 0 radical (unpaired) electrons. The van der Waals surface area contributed by atoms with Crippen molar-refractivity contribution < 1.29 is 25.4 Å². The maximum absolute atomic E-state index is 12.3. The second kappa shape index (κ2) is 7.72. The molecule has 1 N–H and O–H groups in total. The Balaban J connectivity index is 2.20. The van der Waals surface area contributed by atoms with Crippen molar-refractivity contribution >= 4 is 42.9 Å². The molecule has 0 unspecified atom stereocenters. The lowest BCUT2D eigenvalue weighted by Crippen LogP contribution is -2.18. The van der Waals surface area contributed by atoms with Crippen LogP contribution in [0.1, 0.15) is 24.5 Å². The molecule has 0 fully saturated rings. The highest BCUT2D eigenvalue weighted by atomic mass is 32.2. The van der Waals surface area contributed by atoms with E-state index in [1.165, 1.54) is 25.1 Å². The summed E-state index contributed by atoms with van der Waals surface area (Å²) in [6.07, 6.45) is 1.01. The number of nitrogens with zero attached hydrogens (tertiary/aromatic N) is 1. The molecule has 0 saturated heterocycles. The summed E-state index contributed by atoms with van der Waals surface area (Å²) in [4.78, 5) is 15.2. The molecule has 0 amide bonds. The third-order valence-corrected chi connectivity index (χ3v) is 6.34. The number of anilines is 1. The average Bonchev–Trinajstić information content (AvgIpc) is 2.62. The van der Waals surface area contributed by atoms with Crippen LogP contribution in [0, 0.1) is 18.4 Å². The van der Waals surface area contributed by atoms with Gasteiger partial charge in [0.2, 0.25) is 10.0 Å². The molecule has 29 heavy (non-hydrogen) atoms. The lowest BCUT2D eigenvalue weighted by Gasteiger charge is -2.12. The van der Waals surface area contributed by atoms with Gasteiger partial charge < -0.3 is 4.42 Å². The van der Waals surface area contributed by atoms with Gasteiger partial charge in [-0.25, -0.2) is 26.5 Å². The molecule has 3 rings (SSSR count). The van der Waals surface area contributed by atoms with Crippen LogP contribution in [0.25, 0.3) is 21.9 Å². The topological polar surface area (TPSA) is 124 Å². The Labute approximate surface area is 167 Å². The summed E-state index contributed by atoms with van der Waals surface area (Å²) in [6, 6.07) is 4.15. The van der Waals surface area contributed by atoms with Gasteiger partial charge in [0.15, 0.2) is 0 Å². The zero-order valence-corrected chi connectivity index (χ0v) is 16.7. The largest absolute Gasteiger partial charge is 0.422 e. The van der Waals surface area contributed by atoms with Gasteiger partial charge in [-0.2, -0.15) is 0 Å². The SMILES string of the molecule is [C-]#[N+]C(=Cc1cc2cc3c(cc2oc1=O)C#CCCS(=O)(=O)N3)S(=O)(=O)OCC. The summed E-state index contributed by atoms with van der Waals surface area (Å²) in [5, 5.41) is -0.457. The second-order valence-corrected chi connectivity index (χ2v) is 9.26. The molecule has 2 heterocycles. The van der Waals surface area contributed by atoms with Gasteiger partial charge in [-0.3, -0.25) is 8.91 Å². The third kappa shape index (κ3) is 4.49. The molecule has 0 saturated carbocycles. The number of sulfonamides is 1. The zero-order chi connectivity index (χ0) is 21.2. The maximum Gasteiger partial charge on any atom is 0.342 e. The van der Waals surface area contributed by atoms with E-state index in [9.17, 15) is 21.6 Å². The van der Waals surface area contributed by atoms with Gasteiger partial charge in [-0.05, 0) is 31.2 Å². The molecule has 1 aliphatic heterocycles. The maximum atomic E-state index is 12.3. The van der Waals surface area contributed by atoms with Crippen LogP contribution < -0.4 is 10.3 Å². The standard InChI is InChI=1S/C18H14N2O7S2/c1-3-26-29(24,25)17(19-2)11-14-8-13-9-15-12(10-16(13)27-18(14)21)6-4-5-7-28(22,23)20-15/h8-11,20H,3,5,7H2,1H3. The van der Waals surface area contributed by atoms with Crippen molar-refractivity contribution in [1.82, 2.24) is 0 Å². The van der Waals surface area contributed by atoms with Crippen molar-refractivity contribution in [2.24, 2.45) is 0 Å². The van der Waals surface area contributed by atoms with Crippen LogP contribution in [0.4, 0.5) is 5.69 Å². The van der Waals surface area contributed by atoms with E-state index < -0.39 is 30.8 Å². The minimum absolute atomic E-state index is 0.136. The molecule has 0 spiro atoms. The van der Waals surface area contributed by atoms with E-state index in [1.54, 1.807) is 0 Å². The van der Waals surface area contributed by atoms with Crippen LogP contribution in [0.15, 0.2) is 32.4 Å². The first kappa shape index (κ1) is 20.6. The molecule has 1 aliphatic rings. The summed E-state index contributed by atoms with van der Waals surface area (Å²) in [7, 11) is -7.90. The Morgan fingerprint density at radius 1 is 1.41 bits per heavy atom. The zero-order valence-electron chi connectivity index (χ0n) is 15.1. The molecular formula is C18H14N2O7S2. The minimum atomic E-state index is -4.31. The first-order valence-electron chi connectivity index (χ1n) is 8.25. The Kier molecular flexibility index (Phi) is 5.48. The van der Waals surface area contributed by atoms with E-state index in [0.29, 0.717) is 10.9 Å². The predicted molar refractivity (Wildman–Crippen MR) is 107 cm³/mol. The summed E-state index contributed by atoms with van der Waals surface area (Å²) in [6.45, 7) is 8.34. The highest BCUT2D eigenvalue weighted by Crippen LogP contribution is 2.26. The quantitative estimate of drug-likeness (QED) is 0.337. The smallest absolute Gasteiger partial charge is 0.342 e. The lowest BCUT2D eigenvalue weighted by molar-refractivity contribution is 0.343. The first-order chi connectivity index (χ1) is 13.6. The van der Waals surface area contributed by atoms with E-state index in [2.05, 4.69) is 25.6 Å². The summed E-state index contributed by atoms with van der Waals surface area (Å²) >= 11 is 0. The van der Waals surface area contributed by atoms with Crippen LogP contribution in [0.3, 0.4) is 0 Å². The first-order valence-corrected chi connectivity index (χ1v) is 11.3. The van der Waals surface area contributed by atoms with Crippen molar-refractivity contribution in [3.8, 4) is 11.8 Å². The Hall–Kier alpha value is -3.12. The number of rotatable bonds is 4. The summed E-state index contributed by atoms with van der Waals surface area (Å²) in [5.74, 6) is 5.40. The van der Waals surface area contributed by atoms with Crippen molar-refractivity contribution in [1.29, 1.82) is 0 Å². The predicted octanol–water partition coefficient (Wildman–Crippen LogP) is 1.87. The Morgan fingerprint density at radius 3 is 2.86 bits per heavy atom. The molecule has 11 heteroatoms. The molecule has 9 nitrogen and oxygen atoms in total. The van der Waals surface area contributed by atoms with E-state index in [4.69, 9.17) is 11.0 Å². The minimum Gasteiger partial charge on any atom is -0.422 e. The number of benzene rings is 1. The fraction of sp³-hybridized carbons (Fsp3) is 0.222. The molecule has 1 aromatic carbocycles. The molecule has 150 valence electrons. The number of hydrogen-bond donors (Lipinski definition) is 1. The van der Waals surface area contributed by atoms with Gasteiger partial charge in [0.05, 0.1) is 35.7 Å². The average molecular weight is 434 g/mol. The van der Waals surface area contributed by atoms with Crippen LogP contribution in [-0.4, -0.2) is 29.2 Å². The Bertz CT molecular complexity index is 1400. The molecule has 1 aromatic heterocycles. The molecule has 0 atom stereocenters. The normalized spacial score (nSPS) is 15.8. The van der Waals surface area contributed by atoms with E-state index >= 15 is 0 Å². The van der Waals surface area contributed by atoms with Crippen LogP contribution >= 0.6 is 0 Å². The molecule has 0 bridgehead atoms. The van der Waals surface area contributed by atoms with Gasteiger partial charge in [0.1, 0.15) is 5.58 Å².